The van der Waals surface area contributed by atoms with Crippen LogP contribution in [0.5, 0.6) is 11.5 Å². The molecule has 8 heteroatoms. The Balaban J connectivity index is 1.42. The van der Waals surface area contributed by atoms with Crippen LogP contribution >= 0.6 is 0 Å². The van der Waals surface area contributed by atoms with E-state index in [2.05, 4.69) is 4.90 Å². The number of hydrogen-bond donors (Lipinski definition) is 0. The average Bonchev–Trinajstić information content (AvgIpc) is 2.85. The van der Waals surface area contributed by atoms with Gasteiger partial charge in [0, 0.05) is 43.9 Å². The molecule has 0 radical (unpaired) electrons. The Morgan fingerprint density at radius 3 is 2.50 bits per heavy atom. The number of nitrogens with zero attached hydrogens (tertiary/aromatic N) is 3. The Hall–Kier alpha value is -2.32. The molecule has 3 aliphatic rings. The molecule has 1 atom stereocenters. The van der Waals surface area contributed by atoms with Crippen LogP contribution in [-0.2, 0) is 20.9 Å². The van der Waals surface area contributed by atoms with Gasteiger partial charge in [-0.1, -0.05) is 19.3 Å². The fourth-order valence-electron chi connectivity index (χ4n) is 5.14. The maximum Gasteiger partial charge on any atom is 0.249 e. The highest BCUT2D eigenvalue weighted by Gasteiger charge is 2.38. The minimum Gasteiger partial charge on any atom is -0.497 e. The molecule has 2 aliphatic heterocycles. The molecular weight excluding hydrogens is 410 g/mol. The van der Waals surface area contributed by atoms with Gasteiger partial charge in [0.1, 0.15) is 24.1 Å². The summed E-state index contributed by atoms with van der Waals surface area (Å²) in [6.07, 6.45) is 6.52. The van der Waals surface area contributed by atoms with E-state index in [-0.39, 0.29) is 25.0 Å². The number of carbonyl (C=O) groups excluding carboxylic acids is 2. The van der Waals surface area contributed by atoms with Crippen LogP contribution in [0.2, 0.25) is 0 Å². The van der Waals surface area contributed by atoms with E-state index < -0.39 is 6.04 Å². The fraction of sp³-hybridized carbons (Fsp3) is 0.667. The second-order valence-electron chi connectivity index (χ2n) is 8.88. The number of benzene rings is 1. The predicted molar refractivity (Wildman–Crippen MR) is 120 cm³/mol. The van der Waals surface area contributed by atoms with E-state index in [0.717, 1.165) is 18.7 Å². The molecule has 0 unspecified atom stereocenters. The number of rotatable bonds is 6. The zero-order valence-corrected chi connectivity index (χ0v) is 19.3. The lowest BCUT2D eigenvalue weighted by atomic mass is 9.94. The molecule has 32 heavy (non-hydrogen) atoms. The van der Waals surface area contributed by atoms with E-state index in [1.807, 2.05) is 17.0 Å². The second kappa shape index (κ2) is 10.5. The van der Waals surface area contributed by atoms with Crippen LogP contribution in [0.15, 0.2) is 18.2 Å². The molecule has 1 aromatic carbocycles. The molecule has 1 aromatic rings. The summed E-state index contributed by atoms with van der Waals surface area (Å²) >= 11 is 0. The van der Waals surface area contributed by atoms with E-state index in [0.29, 0.717) is 37.2 Å². The van der Waals surface area contributed by atoms with Crippen molar-refractivity contribution in [1.29, 1.82) is 0 Å². The predicted octanol–water partition coefficient (Wildman–Crippen LogP) is 1.91. The Labute approximate surface area is 190 Å². The molecule has 0 bridgehead atoms. The second-order valence-corrected chi connectivity index (χ2v) is 8.88. The van der Waals surface area contributed by atoms with Crippen molar-refractivity contribution in [2.45, 2.75) is 50.7 Å². The first-order valence-corrected chi connectivity index (χ1v) is 11.7. The minimum atomic E-state index is -0.607. The first-order valence-electron chi connectivity index (χ1n) is 11.7. The SMILES string of the molecule is COc1ccc(CN2C(=O)COC[C@H]2C(=O)N2CCN(C3CCCCC3)CC2)c(OC)c1. The van der Waals surface area contributed by atoms with Gasteiger partial charge in [0.05, 0.1) is 27.4 Å². The number of methoxy groups -OCH3 is 2. The molecule has 0 N–H and O–H groups in total. The van der Waals surface area contributed by atoms with Crippen LogP contribution < -0.4 is 9.47 Å². The van der Waals surface area contributed by atoms with Crippen LogP contribution in [0.4, 0.5) is 0 Å². The van der Waals surface area contributed by atoms with E-state index in [1.165, 1.54) is 32.1 Å². The van der Waals surface area contributed by atoms with Gasteiger partial charge in [-0.15, -0.1) is 0 Å². The summed E-state index contributed by atoms with van der Waals surface area (Å²) in [4.78, 5) is 32.3. The number of amides is 2. The van der Waals surface area contributed by atoms with Crippen LogP contribution in [0, 0.1) is 0 Å². The van der Waals surface area contributed by atoms with E-state index in [9.17, 15) is 9.59 Å². The zero-order valence-electron chi connectivity index (χ0n) is 19.3. The summed E-state index contributed by atoms with van der Waals surface area (Å²) in [7, 11) is 3.19. The number of morpholine rings is 1. The monoisotopic (exact) mass is 445 g/mol. The van der Waals surface area contributed by atoms with Crippen molar-refractivity contribution < 1.29 is 23.8 Å². The van der Waals surface area contributed by atoms with Crippen molar-refractivity contribution in [2.24, 2.45) is 0 Å². The summed E-state index contributed by atoms with van der Waals surface area (Å²) in [5.74, 6) is 1.13. The smallest absolute Gasteiger partial charge is 0.249 e. The third kappa shape index (κ3) is 5.02. The maximum absolute atomic E-state index is 13.4. The van der Waals surface area contributed by atoms with Gasteiger partial charge >= 0.3 is 0 Å². The molecule has 0 spiro atoms. The Morgan fingerprint density at radius 1 is 1.06 bits per heavy atom. The first kappa shape index (κ1) is 22.9. The maximum atomic E-state index is 13.4. The van der Waals surface area contributed by atoms with Crippen LogP contribution in [0.25, 0.3) is 0 Å². The van der Waals surface area contributed by atoms with Gasteiger partial charge in [-0.05, 0) is 25.0 Å². The van der Waals surface area contributed by atoms with Crippen molar-refractivity contribution in [1.82, 2.24) is 14.7 Å². The highest BCUT2D eigenvalue weighted by atomic mass is 16.5. The van der Waals surface area contributed by atoms with Gasteiger partial charge in [0.2, 0.25) is 11.8 Å². The van der Waals surface area contributed by atoms with Crippen molar-refractivity contribution in [3.63, 3.8) is 0 Å². The van der Waals surface area contributed by atoms with Crippen molar-refractivity contribution in [3.8, 4) is 11.5 Å². The molecule has 4 rings (SSSR count). The average molecular weight is 446 g/mol. The summed E-state index contributed by atoms with van der Waals surface area (Å²) in [5.41, 5.74) is 0.837. The summed E-state index contributed by atoms with van der Waals surface area (Å²) < 4.78 is 16.2. The van der Waals surface area contributed by atoms with Gasteiger partial charge in [0.25, 0.3) is 0 Å². The summed E-state index contributed by atoms with van der Waals surface area (Å²) in [6.45, 7) is 3.76. The lowest BCUT2D eigenvalue weighted by Gasteiger charge is -2.43. The zero-order chi connectivity index (χ0) is 22.5. The highest BCUT2D eigenvalue weighted by molar-refractivity contribution is 5.89. The van der Waals surface area contributed by atoms with Crippen LogP contribution in [-0.4, -0.2) is 92.2 Å². The van der Waals surface area contributed by atoms with E-state index >= 15 is 0 Å². The van der Waals surface area contributed by atoms with Crippen molar-refractivity contribution in [2.75, 3.05) is 53.6 Å². The minimum absolute atomic E-state index is 0.00227. The van der Waals surface area contributed by atoms with Gasteiger partial charge in [-0.2, -0.15) is 0 Å². The molecule has 1 aliphatic carbocycles. The van der Waals surface area contributed by atoms with Gasteiger partial charge in [0.15, 0.2) is 0 Å². The molecule has 176 valence electrons. The number of hydrogen-bond acceptors (Lipinski definition) is 6. The van der Waals surface area contributed by atoms with Gasteiger partial charge in [-0.3, -0.25) is 14.5 Å². The van der Waals surface area contributed by atoms with Crippen molar-refractivity contribution >= 4 is 11.8 Å². The number of ether oxygens (including phenoxy) is 3. The molecule has 8 nitrogen and oxygen atoms in total. The lowest BCUT2D eigenvalue weighted by molar-refractivity contribution is -0.161. The van der Waals surface area contributed by atoms with E-state index in [4.69, 9.17) is 14.2 Å². The molecule has 1 saturated carbocycles. The summed E-state index contributed by atoms with van der Waals surface area (Å²) in [6, 6.07) is 5.57. The van der Waals surface area contributed by atoms with Gasteiger partial charge in [-0.25, -0.2) is 0 Å². The number of piperazine rings is 1. The molecule has 2 amide bonds. The Kier molecular flexibility index (Phi) is 7.52. The Bertz CT molecular complexity index is 803. The Morgan fingerprint density at radius 2 is 1.81 bits per heavy atom. The first-order chi connectivity index (χ1) is 15.6. The fourth-order valence-corrected chi connectivity index (χ4v) is 5.14. The molecular formula is C24H35N3O5. The standard InChI is InChI=1S/C24H35N3O5/c1-30-20-9-8-18(22(14-20)31-2)15-27-21(16-32-17-23(27)28)24(29)26-12-10-25(11-13-26)19-6-4-3-5-7-19/h8-9,14,19,21H,3-7,10-13,15-17H2,1-2H3/t21-/m0/s1. The largest absolute Gasteiger partial charge is 0.497 e. The molecule has 2 heterocycles. The van der Waals surface area contributed by atoms with Gasteiger partial charge < -0.3 is 24.0 Å². The topological polar surface area (TPSA) is 71.5 Å². The molecule has 2 saturated heterocycles. The van der Waals surface area contributed by atoms with Crippen molar-refractivity contribution in [3.05, 3.63) is 23.8 Å². The number of carbonyl (C=O) groups is 2. The third-order valence-corrected chi connectivity index (χ3v) is 7.03. The third-order valence-electron chi connectivity index (χ3n) is 7.03. The molecule has 3 fully saturated rings. The summed E-state index contributed by atoms with van der Waals surface area (Å²) in [5, 5.41) is 0. The highest BCUT2D eigenvalue weighted by Crippen LogP contribution is 2.28. The van der Waals surface area contributed by atoms with E-state index in [1.54, 1.807) is 25.2 Å². The lowest BCUT2D eigenvalue weighted by Crippen LogP contribution is -2.60. The van der Waals surface area contributed by atoms with Crippen LogP contribution in [0.1, 0.15) is 37.7 Å². The normalized spacial score (nSPS) is 23.3. The van der Waals surface area contributed by atoms with Crippen LogP contribution in [0.3, 0.4) is 0 Å². The molecule has 0 aromatic heterocycles. The quantitative estimate of drug-likeness (QED) is 0.666.